The summed E-state index contributed by atoms with van der Waals surface area (Å²) in [5.74, 6) is 0.820. The Kier molecular flexibility index (Phi) is 6.14. The van der Waals surface area contributed by atoms with Gasteiger partial charge < -0.3 is 5.32 Å². The average molecular weight is 254 g/mol. The smallest absolute Gasteiger partial charge is 0.0898 e. The van der Waals surface area contributed by atoms with Crippen molar-refractivity contribution in [2.45, 2.75) is 66.0 Å². The summed E-state index contributed by atoms with van der Waals surface area (Å²) in [5.41, 5.74) is 1.18. The fourth-order valence-corrected chi connectivity index (χ4v) is 2.71. The first-order valence-corrected chi connectivity index (χ1v) is 7.55. The molecule has 0 aliphatic carbocycles. The van der Waals surface area contributed by atoms with Crippen molar-refractivity contribution in [1.29, 1.82) is 0 Å². The molecule has 1 N–H and O–H groups in total. The average Bonchev–Trinajstić information content (AvgIpc) is 2.64. The molecule has 17 heavy (non-hydrogen) atoms. The predicted molar refractivity (Wildman–Crippen MR) is 76.6 cm³/mol. The number of rotatable bonds is 7. The van der Waals surface area contributed by atoms with Gasteiger partial charge in [-0.15, -0.1) is 11.3 Å². The van der Waals surface area contributed by atoms with Gasteiger partial charge in [-0.3, -0.25) is 0 Å². The summed E-state index contributed by atoms with van der Waals surface area (Å²) in [5, 5.41) is 6.94. The van der Waals surface area contributed by atoms with Crippen molar-refractivity contribution < 1.29 is 0 Å². The van der Waals surface area contributed by atoms with Crippen LogP contribution in [0.2, 0.25) is 0 Å². The van der Waals surface area contributed by atoms with Crippen LogP contribution >= 0.6 is 11.3 Å². The summed E-state index contributed by atoms with van der Waals surface area (Å²) in [6.07, 6.45) is 3.90. The fourth-order valence-electron chi connectivity index (χ4n) is 2.01. The molecule has 0 saturated heterocycles. The van der Waals surface area contributed by atoms with Gasteiger partial charge >= 0.3 is 0 Å². The second-order valence-corrected chi connectivity index (χ2v) is 6.47. The third-order valence-corrected chi connectivity index (χ3v) is 3.83. The van der Waals surface area contributed by atoms with E-state index in [1.54, 1.807) is 11.3 Å². The van der Waals surface area contributed by atoms with Crippen LogP contribution in [0.25, 0.3) is 0 Å². The van der Waals surface area contributed by atoms with Gasteiger partial charge in [0.25, 0.3) is 0 Å². The molecule has 1 heterocycles. The maximum absolute atomic E-state index is 4.53. The van der Waals surface area contributed by atoms with Gasteiger partial charge in [-0.2, -0.15) is 0 Å². The number of nitrogens with zero attached hydrogens (tertiary/aromatic N) is 1. The van der Waals surface area contributed by atoms with Gasteiger partial charge in [-0.05, 0) is 33.1 Å². The summed E-state index contributed by atoms with van der Waals surface area (Å²) < 4.78 is 0. The summed E-state index contributed by atoms with van der Waals surface area (Å²) >= 11 is 1.73. The molecule has 3 heteroatoms. The van der Waals surface area contributed by atoms with Crippen LogP contribution < -0.4 is 5.32 Å². The van der Waals surface area contributed by atoms with Crippen LogP contribution in [0.4, 0.5) is 0 Å². The van der Waals surface area contributed by atoms with Crippen LogP contribution in [0.1, 0.15) is 63.7 Å². The molecule has 1 aromatic heterocycles. The molecule has 0 bridgehead atoms. The molecule has 98 valence electrons. The van der Waals surface area contributed by atoms with Gasteiger partial charge in [0.15, 0.2) is 0 Å². The van der Waals surface area contributed by atoms with E-state index in [-0.39, 0.29) is 0 Å². The maximum atomic E-state index is 4.53. The van der Waals surface area contributed by atoms with E-state index in [9.17, 15) is 0 Å². The van der Waals surface area contributed by atoms with Crippen molar-refractivity contribution in [2.24, 2.45) is 5.92 Å². The Labute approximate surface area is 110 Å². The lowest BCUT2D eigenvalue weighted by Gasteiger charge is -2.19. The monoisotopic (exact) mass is 254 g/mol. The molecule has 0 aromatic carbocycles. The molecular formula is C14H26N2S. The highest BCUT2D eigenvalue weighted by Gasteiger charge is 2.11. The fraction of sp³-hybridized carbons (Fsp3) is 0.786. The Morgan fingerprint density at radius 2 is 1.94 bits per heavy atom. The number of nitrogens with one attached hydrogen (secondary N) is 1. The highest BCUT2D eigenvalue weighted by molar-refractivity contribution is 7.09. The van der Waals surface area contributed by atoms with Crippen LogP contribution in [-0.2, 0) is 0 Å². The zero-order chi connectivity index (χ0) is 12.8. The standard InChI is InChI=1S/C14H26N2S/c1-10(2)7-6-8-11(3)15-12(4)14-9-17-13(5)16-14/h9-12,15H,6-8H2,1-5H3. The Hall–Kier alpha value is -0.410. The van der Waals surface area contributed by atoms with Crippen molar-refractivity contribution in [3.8, 4) is 0 Å². The van der Waals surface area contributed by atoms with E-state index >= 15 is 0 Å². The number of hydrogen-bond acceptors (Lipinski definition) is 3. The van der Waals surface area contributed by atoms with E-state index < -0.39 is 0 Å². The predicted octanol–water partition coefficient (Wildman–Crippen LogP) is 4.32. The number of aromatic nitrogens is 1. The Balaban J connectivity index is 2.28. The van der Waals surface area contributed by atoms with Gasteiger partial charge in [0.2, 0.25) is 0 Å². The highest BCUT2D eigenvalue weighted by Crippen LogP contribution is 2.17. The molecule has 0 amide bonds. The van der Waals surface area contributed by atoms with Crippen molar-refractivity contribution in [3.63, 3.8) is 0 Å². The minimum Gasteiger partial charge on any atom is -0.306 e. The third-order valence-electron chi connectivity index (χ3n) is 3.03. The highest BCUT2D eigenvalue weighted by atomic mass is 32.1. The number of thiazole rings is 1. The molecule has 0 aliphatic rings. The van der Waals surface area contributed by atoms with Crippen molar-refractivity contribution >= 4 is 11.3 Å². The van der Waals surface area contributed by atoms with Crippen molar-refractivity contribution in [3.05, 3.63) is 16.1 Å². The Bertz CT molecular complexity index is 320. The SMILES string of the molecule is Cc1nc(C(C)NC(C)CCCC(C)C)cs1. The first-order chi connectivity index (χ1) is 7.99. The van der Waals surface area contributed by atoms with Gasteiger partial charge in [-0.1, -0.05) is 26.7 Å². The molecule has 1 rings (SSSR count). The molecule has 2 nitrogen and oxygen atoms in total. The normalized spacial score (nSPS) is 15.2. The Morgan fingerprint density at radius 3 is 2.47 bits per heavy atom. The molecule has 0 aliphatic heterocycles. The first kappa shape index (κ1) is 14.7. The maximum Gasteiger partial charge on any atom is 0.0898 e. The first-order valence-electron chi connectivity index (χ1n) is 6.67. The zero-order valence-corrected chi connectivity index (χ0v) is 12.6. The molecule has 1 aromatic rings. The Morgan fingerprint density at radius 1 is 1.24 bits per heavy atom. The van der Waals surface area contributed by atoms with E-state index in [0.29, 0.717) is 12.1 Å². The van der Waals surface area contributed by atoms with Crippen LogP contribution in [0.3, 0.4) is 0 Å². The van der Waals surface area contributed by atoms with Crippen LogP contribution in [0, 0.1) is 12.8 Å². The molecule has 0 fully saturated rings. The zero-order valence-electron chi connectivity index (χ0n) is 11.8. The summed E-state index contributed by atoms with van der Waals surface area (Å²) in [6, 6.07) is 0.944. The van der Waals surface area contributed by atoms with Crippen LogP contribution in [0.5, 0.6) is 0 Å². The molecule has 0 saturated carbocycles. The minimum absolute atomic E-state index is 0.369. The largest absolute Gasteiger partial charge is 0.306 e. The quantitative estimate of drug-likeness (QED) is 0.784. The van der Waals surface area contributed by atoms with Gasteiger partial charge in [-0.25, -0.2) is 4.98 Å². The van der Waals surface area contributed by atoms with Crippen LogP contribution in [-0.4, -0.2) is 11.0 Å². The lowest BCUT2D eigenvalue weighted by molar-refractivity contribution is 0.420. The summed E-state index contributed by atoms with van der Waals surface area (Å²) in [7, 11) is 0. The second kappa shape index (κ2) is 7.12. The summed E-state index contributed by atoms with van der Waals surface area (Å²) in [6.45, 7) is 11.1. The van der Waals surface area contributed by atoms with Gasteiger partial charge in [0.1, 0.15) is 0 Å². The van der Waals surface area contributed by atoms with Crippen LogP contribution in [0.15, 0.2) is 5.38 Å². The molecule has 0 spiro atoms. The molecule has 2 atom stereocenters. The number of aryl methyl sites for hydroxylation is 1. The lowest BCUT2D eigenvalue weighted by atomic mass is 10.0. The third kappa shape index (κ3) is 5.64. The van der Waals surface area contributed by atoms with Crippen molar-refractivity contribution in [1.82, 2.24) is 10.3 Å². The molecule has 0 radical (unpaired) electrons. The minimum atomic E-state index is 0.369. The lowest BCUT2D eigenvalue weighted by Crippen LogP contribution is -2.29. The van der Waals surface area contributed by atoms with Gasteiger partial charge in [0.05, 0.1) is 10.7 Å². The topological polar surface area (TPSA) is 24.9 Å². The van der Waals surface area contributed by atoms with Crippen molar-refractivity contribution in [2.75, 3.05) is 0 Å². The second-order valence-electron chi connectivity index (χ2n) is 5.41. The van der Waals surface area contributed by atoms with E-state index in [2.05, 4.69) is 50.3 Å². The molecule has 2 unspecified atom stereocenters. The van der Waals surface area contributed by atoms with E-state index in [4.69, 9.17) is 0 Å². The number of hydrogen-bond donors (Lipinski definition) is 1. The van der Waals surface area contributed by atoms with E-state index in [1.807, 2.05) is 0 Å². The van der Waals surface area contributed by atoms with Gasteiger partial charge in [0, 0.05) is 17.5 Å². The van der Waals surface area contributed by atoms with E-state index in [0.717, 1.165) is 10.9 Å². The molecular weight excluding hydrogens is 228 g/mol. The summed E-state index contributed by atoms with van der Waals surface area (Å²) in [4.78, 5) is 4.53. The van der Waals surface area contributed by atoms with E-state index in [1.165, 1.54) is 25.0 Å².